The van der Waals surface area contributed by atoms with Crippen LogP contribution in [0.4, 0.5) is 5.13 Å². The van der Waals surface area contributed by atoms with Gasteiger partial charge in [0.25, 0.3) is 0 Å². The van der Waals surface area contributed by atoms with Gasteiger partial charge in [0.15, 0.2) is 5.13 Å². The maximum atomic E-state index is 12.1. The van der Waals surface area contributed by atoms with Crippen LogP contribution in [0.3, 0.4) is 0 Å². The predicted octanol–water partition coefficient (Wildman–Crippen LogP) is 1.93. The van der Waals surface area contributed by atoms with Crippen molar-refractivity contribution in [3.63, 3.8) is 0 Å². The van der Waals surface area contributed by atoms with E-state index in [1.807, 2.05) is 6.92 Å². The summed E-state index contributed by atoms with van der Waals surface area (Å²) in [7, 11) is 0. The van der Waals surface area contributed by atoms with Gasteiger partial charge in [0.2, 0.25) is 0 Å². The molecule has 0 aromatic carbocycles. The van der Waals surface area contributed by atoms with Gasteiger partial charge in [0.05, 0.1) is 12.3 Å². The fourth-order valence-corrected chi connectivity index (χ4v) is 3.25. The number of rotatable bonds is 5. The van der Waals surface area contributed by atoms with E-state index in [1.165, 1.54) is 11.3 Å². The Morgan fingerprint density at radius 1 is 1.45 bits per heavy atom. The van der Waals surface area contributed by atoms with Crippen molar-refractivity contribution in [2.24, 2.45) is 5.92 Å². The molecule has 112 valence electrons. The predicted molar refractivity (Wildman–Crippen MR) is 81.7 cm³/mol. The largest absolute Gasteiger partial charge is 0.462 e. The topological polar surface area (TPSA) is 54.5 Å². The van der Waals surface area contributed by atoms with Gasteiger partial charge in [-0.2, -0.15) is 0 Å². The number of esters is 1. The monoisotopic (exact) mass is 297 g/mol. The summed E-state index contributed by atoms with van der Waals surface area (Å²) in [5.74, 6) is 0.239. The summed E-state index contributed by atoms with van der Waals surface area (Å²) < 4.78 is 5.15. The van der Waals surface area contributed by atoms with Crippen LogP contribution in [0.1, 0.15) is 36.1 Å². The maximum Gasteiger partial charge on any atom is 0.350 e. The van der Waals surface area contributed by atoms with Crippen LogP contribution in [-0.4, -0.2) is 43.7 Å². The van der Waals surface area contributed by atoms with E-state index < -0.39 is 0 Å². The molecule has 1 aromatic heterocycles. The smallest absolute Gasteiger partial charge is 0.350 e. The molecule has 1 aliphatic heterocycles. The van der Waals surface area contributed by atoms with E-state index >= 15 is 0 Å². The van der Waals surface area contributed by atoms with E-state index in [0.29, 0.717) is 17.4 Å². The number of aromatic nitrogens is 1. The highest BCUT2D eigenvalue weighted by Gasteiger charge is 2.23. The fourth-order valence-electron chi connectivity index (χ4n) is 2.21. The molecular weight excluding hydrogens is 274 g/mol. The second kappa shape index (κ2) is 7.04. The second-order valence-corrected chi connectivity index (χ2v) is 6.31. The summed E-state index contributed by atoms with van der Waals surface area (Å²) >= 11 is 1.47. The van der Waals surface area contributed by atoms with Crippen molar-refractivity contribution in [1.82, 2.24) is 10.3 Å². The van der Waals surface area contributed by atoms with E-state index in [2.05, 4.69) is 24.1 Å². The van der Waals surface area contributed by atoms with E-state index in [1.54, 1.807) is 0 Å². The molecule has 2 heterocycles. The highest BCUT2D eigenvalue weighted by molar-refractivity contribution is 7.17. The number of thiazole rings is 1. The van der Waals surface area contributed by atoms with Crippen molar-refractivity contribution in [3.8, 4) is 0 Å². The van der Waals surface area contributed by atoms with Crippen molar-refractivity contribution < 1.29 is 9.53 Å². The van der Waals surface area contributed by atoms with Gasteiger partial charge in [-0.1, -0.05) is 25.2 Å². The third kappa shape index (κ3) is 3.70. The quantitative estimate of drug-likeness (QED) is 0.842. The first-order valence-corrected chi connectivity index (χ1v) is 8.06. The molecule has 0 radical (unpaired) electrons. The van der Waals surface area contributed by atoms with Crippen LogP contribution < -0.4 is 10.2 Å². The lowest BCUT2D eigenvalue weighted by Gasteiger charge is -2.26. The van der Waals surface area contributed by atoms with Gasteiger partial charge in [0.1, 0.15) is 4.88 Å². The fraction of sp³-hybridized carbons (Fsp3) is 0.714. The van der Waals surface area contributed by atoms with Crippen LogP contribution in [0.25, 0.3) is 0 Å². The molecule has 0 saturated carbocycles. The minimum Gasteiger partial charge on any atom is -0.462 e. The van der Waals surface area contributed by atoms with Gasteiger partial charge in [-0.25, -0.2) is 9.78 Å². The molecule has 0 aliphatic carbocycles. The van der Waals surface area contributed by atoms with Crippen molar-refractivity contribution in [2.45, 2.75) is 27.2 Å². The molecule has 0 unspecified atom stereocenters. The Hall–Kier alpha value is -1.14. The van der Waals surface area contributed by atoms with Crippen molar-refractivity contribution >= 4 is 22.4 Å². The molecular formula is C14H23N3O2S. The maximum absolute atomic E-state index is 12.1. The normalized spacial score (nSPS) is 15.7. The molecule has 20 heavy (non-hydrogen) atoms. The van der Waals surface area contributed by atoms with Gasteiger partial charge in [0, 0.05) is 26.2 Å². The summed E-state index contributed by atoms with van der Waals surface area (Å²) in [5, 5.41) is 4.27. The first-order valence-electron chi connectivity index (χ1n) is 7.24. The molecule has 1 aromatic rings. The van der Waals surface area contributed by atoms with E-state index in [9.17, 15) is 4.79 Å². The highest BCUT2D eigenvalue weighted by Crippen LogP contribution is 2.29. The summed E-state index contributed by atoms with van der Waals surface area (Å²) in [4.78, 5) is 19.7. The Morgan fingerprint density at radius 3 is 2.75 bits per heavy atom. The lowest BCUT2D eigenvalue weighted by molar-refractivity contribution is 0.0530. The van der Waals surface area contributed by atoms with Gasteiger partial charge < -0.3 is 15.0 Å². The number of hydrogen-bond donors (Lipinski definition) is 1. The first kappa shape index (κ1) is 15.3. The molecule has 0 atom stereocenters. The zero-order valence-electron chi connectivity index (χ0n) is 12.4. The summed E-state index contributed by atoms with van der Waals surface area (Å²) in [6, 6.07) is 0. The molecule has 0 spiro atoms. The molecule has 6 heteroatoms. The number of carbonyl (C=O) groups excluding carboxylic acids is 1. The molecule has 1 fully saturated rings. The second-order valence-electron chi connectivity index (χ2n) is 5.33. The molecule has 0 amide bonds. The van der Waals surface area contributed by atoms with Gasteiger partial charge in [-0.3, -0.25) is 0 Å². The van der Waals surface area contributed by atoms with Crippen LogP contribution in [-0.2, 0) is 11.2 Å². The Balaban J connectivity index is 2.23. The van der Waals surface area contributed by atoms with Crippen molar-refractivity contribution in [1.29, 1.82) is 0 Å². The van der Waals surface area contributed by atoms with E-state index in [4.69, 9.17) is 9.72 Å². The zero-order valence-corrected chi connectivity index (χ0v) is 13.3. The summed E-state index contributed by atoms with van der Waals surface area (Å²) in [5.41, 5.74) is 0.886. The number of ether oxygens (including phenoxy) is 1. The number of piperazine rings is 1. The molecule has 1 saturated heterocycles. The average Bonchev–Trinajstić information content (AvgIpc) is 2.83. The zero-order chi connectivity index (χ0) is 14.5. The van der Waals surface area contributed by atoms with Gasteiger partial charge in [-0.05, 0) is 19.3 Å². The lowest BCUT2D eigenvalue weighted by Crippen LogP contribution is -2.43. The van der Waals surface area contributed by atoms with Crippen molar-refractivity contribution in [2.75, 3.05) is 37.7 Å². The summed E-state index contributed by atoms with van der Waals surface area (Å²) in [6.07, 6.45) is 0.816. The highest BCUT2D eigenvalue weighted by atomic mass is 32.1. The van der Waals surface area contributed by atoms with Crippen LogP contribution >= 0.6 is 11.3 Å². The Bertz CT molecular complexity index is 453. The molecule has 0 bridgehead atoms. The average molecular weight is 297 g/mol. The van der Waals surface area contributed by atoms with Crippen LogP contribution in [0.5, 0.6) is 0 Å². The number of nitrogens with one attached hydrogen (secondary N) is 1. The Kier molecular flexibility index (Phi) is 5.37. The number of hydrogen-bond acceptors (Lipinski definition) is 6. The van der Waals surface area contributed by atoms with Gasteiger partial charge in [-0.15, -0.1) is 0 Å². The van der Waals surface area contributed by atoms with E-state index in [0.717, 1.165) is 43.4 Å². The SMILES string of the molecule is CCOC(=O)c1sc(N2CCNCC2)nc1CC(C)C. The molecule has 2 rings (SSSR count). The third-order valence-corrected chi connectivity index (χ3v) is 4.27. The minimum atomic E-state index is -0.234. The third-order valence-electron chi connectivity index (χ3n) is 3.14. The lowest BCUT2D eigenvalue weighted by atomic mass is 10.1. The molecule has 1 N–H and O–H groups in total. The number of carbonyl (C=O) groups is 1. The van der Waals surface area contributed by atoms with Crippen molar-refractivity contribution in [3.05, 3.63) is 10.6 Å². The first-order chi connectivity index (χ1) is 9.61. The standard InChI is InChI=1S/C14H23N3O2S/c1-4-19-13(18)12-11(9-10(2)3)16-14(20-12)17-7-5-15-6-8-17/h10,15H,4-9H2,1-3H3. The number of nitrogens with zero attached hydrogens (tertiary/aromatic N) is 2. The Labute approximate surface area is 124 Å². The van der Waals surface area contributed by atoms with E-state index in [-0.39, 0.29) is 5.97 Å². The summed E-state index contributed by atoms with van der Waals surface area (Å²) in [6.45, 7) is 10.3. The number of anilines is 1. The van der Waals surface area contributed by atoms with Crippen LogP contribution in [0.15, 0.2) is 0 Å². The van der Waals surface area contributed by atoms with Crippen LogP contribution in [0, 0.1) is 5.92 Å². The molecule has 5 nitrogen and oxygen atoms in total. The molecule has 1 aliphatic rings. The van der Waals surface area contributed by atoms with Gasteiger partial charge >= 0.3 is 5.97 Å². The Morgan fingerprint density at radius 2 is 2.15 bits per heavy atom. The van der Waals surface area contributed by atoms with Crippen LogP contribution in [0.2, 0.25) is 0 Å². The minimum absolute atomic E-state index is 0.234.